The fourth-order valence-electron chi connectivity index (χ4n) is 3.62. The van der Waals surface area contributed by atoms with Crippen molar-refractivity contribution in [1.29, 1.82) is 0 Å². The Labute approximate surface area is 158 Å². The Bertz CT molecular complexity index is 813. The summed E-state index contributed by atoms with van der Waals surface area (Å²) >= 11 is 0. The molecule has 2 aromatic rings. The highest BCUT2D eigenvalue weighted by atomic mass is 16.6. The molecule has 2 atom stereocenters. The van der Waals surface area contributed by atoms with E-state index in [1.807, 2.05) is 53.9 Å². The van der Waals surface area contributed by atoms with Gasteiger partial charge < -0.3 is 19.1 Å². The van der Waals surface area contributed by atoms with Crippen LogP contribution >= 0.6 is 0 Å². The van der Waals surface area contributed by atoms with E-state index in [0.29, 0.717) is 26.3 Å². The number of aromatic nitrogens is 2. The van der Waals surface area contributed by atoms with Crippen LogP contribution in [0, 0.1) is 6.92 Å². The molecule has 1 amide bonds. The second-order valence-corrected chi connectivity index (χ2v) is 7.12. The van der Waals surface area contributed by atoms with Crippen LogP contribution in [-0.4, -0.2) is 52.6 Å². The third-order valence-corrected chi connectivity index (χ3v) is 4.96. The van der Waals surface area contributed by atoms with Gasteiger partial charge >= 0.3 is 0 Å². The van der Waals surface area contributed by atoms with Crippen molar-refractivity contribution in [3.05, 3.63) is 41.7 Å². The molecule has 1 saturated heterocycles. The molecule has 7 nitrogen and oxygen atoms in total. The van der Waals surface area contributed by atoms with Gasteiger partial charge in [0.2, 0.25) is 0 Å². The Hall–Kier alpha value is -2.54. The van der Waals surface area contributed by atoms with Crippen molar-refractivity contribution in [3.8, 4) is 11.5 Å². The molecule has 1 aromatic heterocycles. The van der Waals surface area contributed by atoms with Gasteiger partial charge in [-0.05, 0) is 38.0 Å². The van der Waals surface area contributed by atoms with Crippen molar-refractivity contribution >= 4 is 5.91 Å². The van der Waals surface area contributed by atoms with Crippen LogP contribution in [0.25, 0.3) is 0 Å². The van der Waals surface area contributed by atoms with Crippen LogP contribution in [0.3, 0.4) is 0 Å². The van der Waals surface area contributed by atoms with Gasteiger partial charge in [-0.25, -0.2) is 0 Å². The highest BCUT2D eigenvalue weighted by Crippen LogP contribution is 2.31. The third-order valence-electron chi connectivity index (χ3n) is 4.96. The van der Waals surface area contributed by atoms with Gasteiger partial charge in [0.05, 0.1) is 24.5 Å². The molecule has 0 saturated carbocycles. The van der Waals surface area contributed by atoms with Crippen LogP contribution in [-0.2, 0) is 23.1 Å². The molecule has 144 valence electrons. The largest absolute Gasteiger partial charge is 0.486 e. The number of amides is 1. The SMILES string of the molecule is Cc1cc(CN(C[C@@H]2COc3ccccc3O2)C(=O)[C@H]2CCCO2)n(C)n1. The van der Waals surface area contributed by atoms with E-state index in [1.165, 1.54) is 0 Å². The molecule has 1 fully saturated rings. The molecule has 27 heavy (non-hydrogen) atoms. The lowest BCUT2D eigenvalue weighted by atomic mass is 10.2. The molecule has 2 aliphatic rings. The first kappa shape index (κ1) is 17.9. The first-order valence-corrected chi connectivity index (χ1v) is 9.38. The molecule has 2 aliphatic heterocycles. The number of carbonyl (C=O) groups is 1. The maximum Gasteiger partial charge on any atom is 0.252 e. The van der Waals surface area contributed by atoms with E-state index in [0.717, 1.165) is 35.7 Å². The van der Waals surface area contributed by atoms with Crippen molar-refractivity contribution in [3.63, 3.8) is 0 Å². The summed E-state index contributed by atoms with van der Waals surface area (Å²) in [5, 5.41) is 4.39. The van der Waals surface area contributed by atoms with Crippen LogP contribution < -0.4 is 9.47 Å². The van der Waals surface area contributed by atoms with Crippen molar-refractivity contribution in [2.24, 2.45) is 7.05 Å². The zero-order valence-electron chi connectivity index (χ0n) is 15.8. The maximum atomic E-state index is 13.1. The van der Waals surface area contributed by atoms with E-state index in [2.05, 4.69) is 5.10 Å². The van der Waals surface area contributed by atoms with E-state index in [9.17, 15) is 4.79 Å². The number of para-hydroxylation sites is 2. The average Bonchev–Trinajstić information content (AvgIpc) is 3.30. The average molecular weight is 371 g/mol. The summed E-state index contributed by atoms with van der Waals surface area (Å²) in [6.45, 7) is 3.92. The van der Waals surface area contributed by atoms with Crippen molar-refractivity contribution in [1.82, 2.24) is 14.7 Å². The van der Waals surface area contributed by atoms with E-state index >= 15 is 0 Å². The summed E-state index contributed by atoms with van der Waals surface area (Å²) < 4.78 is 19.3. The van der Waals surface area contributed by atoms with Crippen molar-refractivity contribution in [2.45, 2.75) is 38.5 Å². The fraction of sp³-hybridized carbons (Fsp3) is 0.500. The molecule has 0 N–H and O–H groups in total. The lowest BCUT2D eigenvalue weighted by Gasteiger charge is -2.32. The molecular weight excluding hydrogens is 346 g/mol. The Morgan fingerprint density at radius 1 is 1.33 bits per heavy atom. The number of fused-ring (bicyclic) bond motifs is 1. The molecule has 0 bridgehead atoms. The number of carbonyl (C=O) groups excluding carboxylic acids is 1. The minimum Gasteiger partial charge on any atom is -0.486 e. The van der Waals surface area contributed by atoms with Crippen LogP contribution in [0.2, 0.25) is 0 Å². The Morgan fingerprint density at radius 3 is 2.85 bits per heavy atom. The summed E-state index contributed by atoms with van der Waals surface area (Å²) in [4.78, 5) is 14.9. The molecule has 3 heterocycles. The van der Waals surface area contributed by atoms with Gasteiger partial charge in [-0.2, -0.15) is 5.10 Å². The number of hydrogen-bond acceptors (Lipinski definition) is 5. The van der Waals surface area contributed by atoms with Gasteiger partial charge in [-0.1, -0.05) is 12.1 Å². The number of nitrogens with zero attached hydrogens (tertiary/aromatic N) is 3. The van der Waals surface area contributed by atoms with E-state index < -0.39 is 0 Å². The molecular formula is C20H25N3O4. The molecule has 0 aliphatic carbocycles. The van der Waals surface area contributed by atoms with Crippen molar-refractivity contribution < 1.29 is 19.0 Å². The molecule has 0 radical (unpaired) electrons. The Balaban J connectivity index is 1.51. The lowest BCUT2D eigenvalue weighted by molar-refractivity contribution is -0.143. The second kappa shape index (κ2) is 7.60. The highest BCUT2D eigenvalue weighted by Gasteiger charge is 2.32. The summed E-state index contributed by atoms with van der Waals surface area (Å²) in [6.07, 6.45) is 1.10. The van der Waals surface area contributed by atoms with Gasteiger partial charge in [-0.15, -0.1) is 0 Å². The van der Waals surface area contributed by atoms with Crippen LogP contribution in [0.5, 0.6) is 11.5 Å². The third kappa shape index (κ3) is 3.93. The molecule has 0 unspecified atom stereocenters. The van der Waals surface area contributed by atoms with Gasteiger partial charge in [0.25, 0.3) is 5.91 Å². The Kier molecular flexibility index (Phi) is 5.03. The predicted molar refractivity (Wildman–Crippen MR) is 98.7 cm³/mol. The minimum absolute atomic E-state index is 0.00816. The zero-order chi connectivity index (χ0) is 18.8. The topological polar surface area (TPSA) is 65.8 Å². The maximum absolute atomic E-state index is 13.1. The predicted octanol–water partition coefficient (Wildman–Crippen LogP) is 2.08. The van der Waals surface area contributed by atoms with Gasteiger partial charge in [0, 0.05) is 13.7 Å². The monoisotopic (exact) mass is 371 g/mol. The van der Waals surface area contributed by atoms with Crippen LogP contribution in [0.4, 0.5) is 0 Å². The summed E-state index contributed by atoms with van der Waals surface area (Å²) in [5.41, 5.74) is 1.92. The van der Waals surface area contributed by atoms with Gasteiger partial charge in [-0.3, -0.25) is 9.48 Å². The quantitative estimate of drug-likeness (QED) is 0.805. The van der Waals surface area contributed by atoms with Crippen molar-refractivity contribution in [2.75, 3.05) is 19.8 Å². The number of aryl methyl sites for hydroxylation is 2. The first-order valence-electron chi connectivity index (χ1n) is 9.38. The van der Waals surface area contributed by atoms with Gasteiger partial charge in [0.15, 0.2) is 17.6 Å². The molecule has 4 rings (SSSR count). The summed E-state index contributed by atoms with van der Waals surface area (Å²) in [5.74, 6) is 1.47. The molecule has 0 spiro atoms. The standard InChI is InChI=1S/C20H25N3O4/c1-14-10-15(22(2)21-14)11-23(20(24)19-8-5-9-25-19)12-16-13-26-17-6-3-4-7-18(17)27-16/h3-4,6-7,10,16,19H,5,8-9,11-13H2,1-2H3/t16-,19-/m1/s1. The smallest absolute Gasteiger partial charge is 0.252 e. The molecule has 1 aromatic carbocycles. The van der Waals surface area contributed by atoms with Crippen LogP contribution in [0.15, 0.2) is 30.3 Å². The van der Waals surface area contributed by atoms with E-state index in [4.69, 9.17) is 14.2 Å². The normalized spacial score (nSPS) is 21.3. The Morgan fingerprint density at radius 2 is 2.15 bits per heavy atom. The number of hydrogen-bond donors (Lipinski definition) is 0. The van der Waals surface area contributed by atoms with E-state index in [1.54, 1.807) is 0 Å². The minimum atomic E-state index is -0.365. The summed E-state index contributed by atoms with van der Waals surface area (Å²) in [6, 6.07) is 9.61. The first-order chi connectivity index (χ1) is 13.1. The molecule has 7 heteroatoms. The highest BCUT2D eigenvalue weighted by molar-refractivity contribution is 5.81. The fourth-order valence-corrected chi connectivity index (χ4v) is 3.62. The number of rotatable bonds is 5. The second-order valence-electron chi connectivity index (χ2n) is 7.12. The van der Waals surface area contributed by atoms with Gasteiger partial charge in [0.1, 0.15) is 12.7 Å². The van der Waals surface area contributed by atoms with Crippen LogP contribution in [0.1, 0.15) is 24.2 Å². The number of ether oxygens (including phenoxy) is 3. The zero-order valence-corrected chi connectivity index (χ0v) is 15.8. The van der Waals surface area contributed by atoms with E-state index in [-0.39, 0.29) is 18.1 Å². The summed E-state index contributed by atoms with van der Waals surface area (Å²) in [7, 11) is 1.90. The lowest BCUT2D eigenvalue weighted by Crippen LogP contribution is -2.46. The number of benzene rings is 1.